The predicted molar refractivity (Wildman–Crippen MR) is 58.1 cm³/mol. The fourth-order valence-electron chi connectivity index (χ4n) is 2.14. The molecule has 1 aliphatic heterocycles. The fourth-order valence-corrected chi connectivity index (χ4v) is 2.14. The molecule has 2 aliphatic rings. The van der Waals surface area contributed by atoms with E-state index in [0.29, 0.717) is 6.61 Å². The molecule has 1 heterocycles. The summed E-state index contributed by atoms with van der Waals surface area (Å²) in [6.07, 6.45) is 3.95. The molecule has 0 amide bonds. The van der Waals surface area contributed by atoms with Gasteiger partial charge in [0, 0.05) is 12.8 Å². The smallest absolute Gasteiger partial charge is 0.251 e. The minimum absolute atomic E-state index is 0.342. The molecule has 3 rings (SSSR count). The minimum atomic E-state index is -0.342. The molecule has 0 radical (unpaired) electrons. The zero-order valence-electron chi connectivity index (χ0n) is 9.07. The van der Waals surface area contributed by atoms with Gasteiger partial charge < -0.3 is 14.3 Å². The Morgan fingerprint density at radius 3 is 2.75 bits per heavy atom. The highest BCUT2D eigenvalue weighted by Crippen LogP contribution is 2.48. The normalized spacial score (nSPS) is 19.8. The third kappa shape index (κ3) is 1.54. The summed E-state index contributed by atoms with van der Waals surface area (Å²) in [4.78, 5) is 4.57. The van der Waals surface area contributed by atoms with Gasteiger partial charge in [-0.2, -0.15) is 0 Å². The van der Waals surface area contributed by atoms with Gasteiger partial charge in [0.15, 0.2) is 11.5 Å². The Kier molecular flexibility index (Phi) is 2.26. The molecule has 4 heteroatoms. The van der Waals surface area contributed by atoms with Gasteiger partial charge in [0.2, 0.25) is 0 Å². The lowest BCUT2D eigenvalue weighted by atomic mass is 9.91. The molecule has 2 N–H and O–H groups in total. The zero-order valence-corrected chi connectivity index (χ0v) is 9.07. The van der Waals surface area contributed by atoms with Crippen LogP contribution in [-0.2, 0) is 11.3 Å². The molecule has 0 saturated heterocycles. The highest BCUT2D eigenvalue weighted by atomic mass is 16.7. The summed E-state index contributed by atoms with van der Waals surface area (Å²) in [5, 5.41) is 0. The molecule has 1 spiro atoms. The highest BCUT2D eigenvalue weighted by molar-refractivity contribution is 5.46. The van der Waals surface area contributed by atoms with Crippen LogP contribution >= 0.6 is 0 Å². The van der Waals surface area contributed by atoms with Crippen LogP contribution in [0.4, 0.5) is 0 Å². The van der Waals surface area contributed by atoms with Gasteiger partial charge in [-0.25, -0.2) is 5.90 Å². The van der Waals surface area contributed by atoms with Crippen molar-refractivity contribution in [2.75, 3.05) is 6.61 Å². The van der Waals surface area contributed by atoms with Crippen LogP contribution in [-0.4, -0.2) is 12.4 Å². The first-order valence-corrected chi connectivity index (χ1v) is 5.64. The first kappa shape index (κ1) is 9.93. The van der Waals surface area contributed by atoms with Gasteiger partial charge in [-0.3, -0.25) is 0 Å². The molecule has 1 saturated carbocycles. The molecule has 86 valence electrons. The van der Waals surface area contributed by atoms with Crippen molar-refractivity contribution in [3.05, 3.63) is 23.8 Å². The maximum atomic E-state index is 5.86. The van der Waals surface area contributed by atoms with E-state index in [-0.39, 0.29) is 5.79 Å². The summed E-state index contributed by atoms with van der Waals surface area (Å²) in [6, 6.07) is 6.01. The van der Waals surface area contributed by atoms with E-state index < -0.39 is 0 Å². The van der Waals surface area contributed by atoms with Crippen molar-refractivity contribution < 1.29 is 14.3 Å². The van der Waals surface area contributed by atoms with Crippen LogP contribution in [0.1, 0.15) is 24.8 Å². The maximum absolute atomic E-state index is 5.86. The third-order valence-corrected chi connectivity index (χ3v) is 3.22. The Balaban J connectivity index is 1.77. The van der Waals surface area contributed by atoms with Crippen molar-refractivity contribution >= 4 is 0 Å². The third-order valence-electron chi connectivity index (χ3n) is 3.22. The SMILES string of the molecule is NOCCc1ccc2c(c1)OC1(CCC1)O2. The second-order valence-corrected chi connectivity index (χ2v) is 4.37. The van der Waals surface area contributed by atoms with Crippen LogP contribution < -0.4 is 15.4 Å². The van der Waals surface area contributed by atoms with Crippen LogP contribution in [0.15, 0.2) is 18.2 Å². The standard InChI is InChI=1S/C12H15NO3/c13-14-7-4-9-2-3-10-11(8-9)16-12(15-10)5-1-6-12/h2-3,8H,1,4-7,13H2. The average Bonchev–Trinajstić information content (AvgIpc) is 2.64. The summed E-state index contributed by atoms with van der Waals surface area (Å²) in [7, 11) is 0. The van der Waals surface area contributed by atoms with E-state index in [1.165, 1.54) is 6.42 Å². The molecule has 16 heavy (non-hydrogen) atoms. The van der Waals surface area contributed by atoms with E-state index in [2.05, 4.69) is 4.84 Å². The van der Waals surface area contributed by atoms with E-state index >= 15 is 0 Å². The van der Waals surface area contributed by atoms with Crippen molar-refractivity contribution in [2.45, 2.75) is 31.5 Å². The van der Waals surface area contributed by atoms with E-state index in [0.717, 1.165) is 36.3 Å². The topological polar surface area (TPSA) is 53.7 Å². The fraction of sp³-hybridized carbons (Fsp3) is 0.500. The lowest BCUT2D eigenvalue weighted by Crippen LogP contribution is -2.45. The van der Waals surface area contributed by atoms with Gasteiger partial charge in [-0.15, -0.1) is 0 Å². The van der Waals surface area contributed by atoms with Gasteiger partial charge in [-0.1, -0.05) is 6.07 Å². The summed E-state index contributed by atoms with van der Waals surface area (Å²) in [5.41, 5.74) is 1.16. The van der Waals surface area contributed by atoms with Gasteiger partial charge in [0.1, 0.15) is 0 Å². The van der Waals surface area contributed by atoms with Crippen LogP contribution in [0.2, 0.25) is 0 Å². The van der Waals surface area contributed by atoms with E-state index in [1.54, 1.807) is 0 Å². The van der Waals surface area contributed by atoms with E-state index in [1.807, 2.05) is 18.2 Å². The molecule has 1 aromatic carbocycles. The van der Waals surface area contributed by atoms with Crippen molar-refractivity contribution in [2.24, 2.45) is 5.90 Å². The van der Waals surface area contributed by atoms with Crippen molar-refractivity contribution in [3.8, 4) is 11.5 Å². The number of hydrogen-bond acceptors (Lipinski definition) is 4. The Labute approximate surface area is 94.2 Å². The maximum Gasteiger partial charge on any atom is 0.251 e. The first-order valence-electron chi connectivity index (χ1n) is 5.64. The van der Waals surface area contributed by atoms with Gasteiger partial charge in [0.05, 0.1) is 6.61 Å². The molecular formula is C12H15NO3. The molecule has 0 aromatic heterocycles. The minimum Gasteiger partial charge on any atom is -0.448 e. The molecule has 1 aromatic rings. The molecular weight excluding hydrogens is 206 g/mol. The van der Waals surface area contributed by atoms with E-state index in [4.69, 9.17) is 15.4 Å². The van der Waals surface area contributed by atoms with Gasteiger partial charge >= 0.3 is 0 Å². The molecule has 0 unspecified atom stereocenters. The lowest BCUT2D eigenvalue weighted by Gasteiger charge is -2.35. The number of nitrogens with two attached hydrogens (primary N) is 1. The zero-order chi connectivity index (χ0) is 11.0. The summed E-state index contributed by atoms with van der Waals surface area (Å²) >= 11 is 0. The average molecular weight is 221 g/mol. The Hall–Kier alpha value is -1.26. The van der Waals surface area contributed by atoms with Crippen LogP contribution in [0.5, 0.6) is 11.5 Å². The van der Waals surface area contributed by atoms with Gasteiger partial charge in [-0.05, 0) is 30.5 Å². The lowest BCUT2D eigenvalue weighted by molar-refractivity contribution is -0.138. The van der Waals surface area contributed by atoms with Crippen LogP contribution in [0.3, 0.4) is 0 Å². The van der Waals surface area contributed by atoms with Crippen molar-refractivity contribution in [1.29, 1.82) is 0 Å². The van der Waals surface area contributed by atoms with Crippen LogP contribution in [0, 0.1) is 0 Å². The van der Waals surface area contributed by atoms with Crippen LogP contribution in [0.25, 0.3) is 0 Å². The van der Waals surface area contributed by atoms with Crippen molar-refractivity contribution in [1.82, 2.24) is 0 Å². The number of ether oxygens (including phenoxy) is 2. The largest absolute Gasteiger partial charge is 0.448 e. The quantitative estimate of drug-likeness (QED) is 0.790. The number of hydrogen-bond donors (Lipinski definition) is 1. The number of fused-ring (bicyclic) bond motifs is 1. The summed E-state index contributed by atoms with van der Waals surface area (Å²) in [5.74, 6) is 6.38. The number of benzene rings is 1. The first-order chi connectivity index (χ1) is 7.81. The molecule has 1 aliphatic carbocycles. The highest BCUT2D eigenvalue weighted by Gasteiger charge is 2.47. The molecule has 0 atom stereocenters. The monoisotopic (exact) mass is 221 g/mol. The second-order valence-electron chi connectivity index (χ2n) is 4.37. The Bertz CT molecular complexity index is 401. The Morgan fingerprint density at radius 1 is 1.25 bits per heavy atom. The summed E-state index contributed by atoms with van der Waals surface area (Å²) in [6.45, 7) is 0.519. The predicted octanol–water partition coefficient (Wildman–Crippen LogP) is 1.77. The number of rotatable bonds is 3. The molecule has 0 bridgehead atoms. The molecule has 1 fully saturated rings. The Morgan fingerprint density at radius 2 is 2.06 bits per heavy atom. The van der Waals surface area contributed by atoms with E-state index in [9.17, 15) is 0 Å². The van der Waals surface area contributed by atoms with Gasteiger partial charge in [0.25, 0.3) is 5.79 Å². The summed E-state index contributed by atoms with van der Waals surface area (Å²) < 4.78 is 11.7. The molecule has 4 nitrogen and oxygen atoms in total. The van der Waals surface area contributed by atoms with Crippen molar-refractivity contribution in [3.63, 3.8) is 0 Å². The second kappa shape index (κ2) is 3.64.